The highest BCUT2D eigenvalue weighted by molar-refractivity contribution is 7.12. The lowest BCUT2D eigenvalue weighted by atomic mass is 9.58. The van der Waals surface area contributed by atoms with Gasteiger partial charge in [-0.2, -0.15) is 5.26 Å². The monoisotopic (exact) mass is 320 g/mol. The molecule has 118 valence electrons. The van der Waals surface area contributed by atoms with E-state index in [0.29, 0.717) is 36.6 Å². The maximum atomic E-state index is 12.5. The summed E-state index contributed by atoms with van der Waals surface area (Å²) >= 11 is 1.32. The molecule has 1 N–H and O–H groups in total. The summed E-state index contributed by atoms with van der Waals surface area (Å²) in [5, 5.41) is 20.7. The quantitative estimate of drug-likeness (QED) is 0.924. The zero-order chi connectivity index (χ0) is 15.7. The van der Waals surface area contributed by atoms with E-state index in [4.69, 9.17) is 10.00 Å². The summed E-state index contributed by atoms with van der Waals surface area (Å²) in [6.07, 6.45) is 2.07. The number of thiophene rings is 1. The van der Waals surface area contributed by atoms with Gasteiger partial charge < -0.3 is 14.7 Å². The topological polar surface area (TPSA) is 73.6 Å². The summed E-state index contributed by atoms with van der Waals surface area (Å²) in [5.74, 6) is -0.0110. The van der Waals surface area contributed by atoms with Crippen LogP contribution < -0.4 is 0 Å². The van der Waals surface area contributed by atoms with Crippen LogP contribution in [0.2, 0.25) is 0 Å². The Hall–Kier alpha value is -1.42. The van der Waals surface area contributed by atoms with Crippen LogP contribution in [0, 0.1) is 16.7 Å². The van der Waals surface area contributed by atoms with Crippen LogP contribution in [0.4, 0.5) is 0 Å². The van der Waals surface area contributed by atoms with Gasteiger partial charge in [0, 0.05) is 36.9 Å². The van der Waals surface area contributed by atoms with Gasteiger partial charge in [-0.15, -0.1) is 11.3 Å². The lowest BCUT2D eigenvalue weighted by molar-refractivity contribution is -0.207. The molecule has 0 aromatic carbocycles. The smallest absolute Gasteiger partial charge is 0.263 e. The average Bonchev–Trinajstić information content (AvgIpc) is 3.03. The second kappa shape index (κ2) is 5.99. The number of ether oxygens (including phenoxy) is 1. The van der Waals surface area contributed by atoms with Gasteiger partial charge in [0.05, 0.1) is 22.6 Å². The summed E-state index contributed by atoms with van der Waals surface area (Å²) in [5.41, 5.74) is 0.368. The van der Waals surface area contributed by atoms with Crippen molar-refractivity contribution in [1.29, 1.82) is 5.26 Å². The first-order valence-corrected chi connectivity index (χ1v) is 8.56. The fraction of sp³-hybridized carbons (Fsp3) is 0.625. The molecule has 0 unspecified atom stereocenters. The molecule has 5 nitrogen and oxygen atoms in total. The molecule has 3 rings (SSSR count). The van der Waals surface area contributed by atoms with Gasteiger partial charge in [0.2, 0.25) is 0 Å². The Kier molecular flexibility index (Phi) is 4.22. The van der Waals surface area contributed by atoms with Gasteiger partial charge in [-0.1, -0.05) is 0 Å². The van der Waals surface area contributed by atoms with E-state index in [1.165, 1.54) is 11.3 Å². The molecule has 1 aliphatic carbocycles. The van der Waals surface area contributed by atoms with Crippen molar-refractivity contribution >= 4 is 17.2 Å². The zero-order valence-corrected chi connectivity index (χ0v) is 13.4. The minimum atomic E-state index is -0.312. The summed E-state index contributed by atoms with van der Waals surface area (Å²) in [7, 11) is 0. The second-order valence-electron chi connectivity index (χ2n) is 6.03. The highest BCUT2D eigenvalue weighted by Gasteiger charge is 2.56. The number of hydrogen-bond donors (Lipinski definition) is 1. The molecule has 1 aliphatic heterocycles. The van der Waals surface area contributed by atoms with Crippen molar-refractivity contribution in [2.75, 3.05) is 19.7 Å². The van der Waals surface area contributed by atoms with E-state index in [-0.39, 0.29) is 23.5 Å². The van der Waals surface area contributed by atoms with Crippen LogP contribution in [0.5, 0.6) is 0 Å². The third kappa shape index (κ3) is 2.43. The largest absolute Gasteiger partial charge is 0.392 e. The van der Waals surface area contributed by atoms with Gasteiger partial charge in [0.1, 0.15) is 6.07 Å². The average molecular weight is 320 g/mol. The summed E-state index contributed by atoms with van der Waals surface area (Å²) in [6, 6.07) is 3.70. The minimum Gasteiger partial charge on any atom is -0.392 e. The molecule has 2 aliphatic rings. The fourth-order valence-electron chi connectivity index (χ4n) is 3.61. The molecular formula is C16H20N2O3S. The van der Waals surface area contributed by atoms with Crippen LogP contribution in [0.15, 0.2) is 11.4 Å². The number of likely N-dealkylation sites (tertiary alicyclic amines) is 1. The van der Waals surface area contributed by atoms with Crippen molar-refractivity contribution in [2.45, 2.75) is 38.4 Å². The number of amides is 1. The van der Waals surface area contributed by atoms with Crippen molar-refractivity contribution < 1.29 is 14.6 Å². The summed E-state index contributed by atoms with van der Waals surface area (Å²) in [6.45, 7) is 3.91. The van der Waals surface area contributed by atoms with Gasteiger partial charge in [0.25, 0.3) is 5.91 Å². The van der Waals surface area contributed by atoms with Crippen LogP contribution in [-0.2, 0) is 4.74 Å². The maximum Gasteiger partial charge on any atom is 0.263 e. The molecule has 0 bridgehead atoms. The van der Waals surface area contributed by atoms with E-state index in [1.807, 2.05) is 11.8 Å². The SMILES string of the molecule is CCO[C@H]1C[C@H](O)C12CCN(C(=O)c1cc(C#N)cs1)CC2. The van der Waals surface area contributed by atoms with Gasteiger partial charge in [-0.05, 0) is 25.8 Å². The zero-order valence-electron chi connectivity index (χ0n) is 12.6. The van der Waals surface area contributed by atoms with Gasteiger partial charge in [0.15, 0.2) is 0 Å². The third-order valence-electron chi connectivity index (χ3n) is 5.03. The number of carbonyl (C=O) groups is 1. The maximum absolute atomic E-state index is 12.5. The molecular weight excluding hydrogens is 300 g/mol. The predicted molar refractivity (Wildman–Crippen MR) is 82.6 cm³/mol. The molecule has 2 atom stereocenters. The van der Waals surface area contributed by atoms with Gasteiger partial charge in [-0.3, -0.25) is 4.79 Å². The molecule has 6 heteroatoms. The second-order valence-corrected chi connectivity index (χ2v) is 6.94. The molecule has 22 heavy (non-hydrogen) atoms. The summed E-state index contributed by atoms with van der Waals surface area (Å²) in [4.78, 5) is 14.9. The molecule has 2 fully saturated rings. The lowest BCUT2D eigenvalue weighted by Gasteiger charge is -2.56. The van der Waals surface area contributed by atoms with Crippen molar-refractivity contribution in [2.24, 2.45) is 5.41 Å². The van der Waals surface area contributed by atoms with Crippen molar-refractivity contribution in [3.05, 3.63) is 21.9 Å². The Morgan fingerprint density at radius 2 is 2.32 bits per heavy atom. The highest BCUT2D eigenvalue weighted by Crippen LogP contribution is 2.51. The Labute approximate surface area is 134 Å². The number of aliphatic hydroxyl groups is 1. The molecule has 1 aromatic heterocycles. The Bertz CT molecular complexity index is 597. The number of hydrogen-bond acceptors (Lipinski definition) is 5. The molecule has 0 radical (unpaired) electrons. The highest BCUT2D eigenvalue weighted by atomic mass is 32.1. The first-order chi connectivity index (χ1) is 10.6. The Morgan fingerprint density at radius 3 is 2.86 bits per heavy atom. The predicted octanol–water partition coefficient (Wildman–Crippen LogP) is 2.01. The first kappa shape index (κ1) is 15.5. The van der Waals surface area contributed by atoms with E-state index in [1.54, 1.807) is 11.4 Å². The van der Waals surface area contributed by atoms with Crippen LogP contribution >= 0.6 is 11.3 Å². The fourth-order valence-corrected chi connectivity index (χ4v) is 4.41. The van der Waals surface area contributed by atoms with Gasteiger partial charge >= 0.3 is 0 Å². The molecule has 2 heterocycles. The third-order valence-corrected chi connectivity index (χ3v) is 5.95. The molecule has 1 saturated carbocycles. The Balaban J connectivity index is 1.64. The number of aliphatic hydroxyl groups excluding tert-OH is 1. The minimum absolute atomic E-state index is 0.0110. The normalized spacial score (nSPS) is 26.5. The molecule has 1 aromatic rings. The van der Waals surface area contributed by atoms with Crippen LogP contribution in [0.25, 0.3) is 0 Å². The summed E-state index contributed by atoms with van der Waals surface area (Å²) < 4.78 is 5.74. The Morgan fingerprint density at radius 1 is 1.59 bits per heavy atom. The van der Waals surface area contributed by atoms with Crippen LogP contribution in [0.3, 0.4) is 0 Å². The standard InChI is InChI=1S/C16H20N2O3S/c1-2-21-14-8-13(19)16(14)3-5-18(6-4-16)15(20)12-7-11(9-17)10-22-12/h7,10,13-14,19H,2-6,8H2,1H3/t13-,14-/m0/s1. The van der Waals surface area contributed by atoms with E-state index in [2.05, 4.69) is 6.07 Å². The van der Waals surface area contributed by atoms with E-state index < -0.39 is 0 Å². The number of nitriles is 1. The van der Waals surface area contributed by atoms with E-state index >= 15 is 0 Å². The van der Waals surface area contributed by atoms with Gasteiger partial charge in [-0.25, -0.2) is 0 Å². The van der Waals surface area contributed by atoms with Crippen LogP contribution in [-0.4, -0.2) is 47.8 Å². The number of rotatable bonds is 3. The number of nitrogens with zero attached hydrogens (tertiary/aromatic N) is 2. The van der Waals surface area contributed by atoms with Crippen LogP contribution in [0.1, 0.15) is 41.4 Å². The van der Waals surface area contributed by atoms with Crippen molar-refractivity contribution in [1.82, 2.24) is 4.90 Å². The number of piperidine rings is 1. The molecule has 1 saturated heterocycles. The molecule has 1 amide bonds. The molecule has 1 spiro atoms. The van der Waals surface area contributed by atoms with E-state index in [0.717, 1.165) is 12.8 Å². The lowest BCUT2D eigenvalue weighted by Crippen LogP contribution is -2.62. The van der Waals surface area contributed by atoms with E-state index in [9.17, 15) is 9.90 Å². The van der Waals surface area contributed by atoms with Crippen molar-refractivity contribution in [3.8, 4) is 6.07 Å². The first-order valence-electron chi connectivity index (χ1n) is 7.68. The number of carbonyl (C=O) groups excluding carboxylic acids is 1. The van der Waals surface area contributed by atoms with Crippen molar-refractivity contribution in [3.63, 3.8) is 0 Å².